The lowest BCUT2D eigenvalue weighted by Gasteiger charge is -2.21. The van der Waals surface area contributed by atoms with Gasteiger partial charge < -0.3 is 24.4 Å². The standard InChI is InChI=1S/C10H22N2O3/c1-11(2)10(13)9-12(5-7-14-3)6-8-15-4/h9,13H,5-8H2,1-4H3/b10-9-. The Kier molecular flexibility index (Phi) is 7.85. The summed E-state index contributed by atoms with van der Waals surface area (Å²) in [6.07, 6.45) is 1.69. The van der Waals surface area contributed by atoms with Gasteiger partial charge in [0, 0.05) is 41.4 Å². The van der Waals surface area contributed by atoms with Crippen LogP contribution in [0.3, 0.4) is 0 Å². The van der Waals surface area contributed by atoms with Gasteiger partial charge in [-0.1, -0.05) is 0 Å². The Morgan fingerprint density at radius 1 is 1.13 bits per heavy atom. The molecular weight excluding hydrogens is 196 g/mol. The molecule has 1 N–H and O–H groups in total. The van der Waals surface area contributed by atoms with Crippen molar-refractivity contribution in [3.05, 3.63) is 12.1 Å². The number of methoxy groups -OCH3 is 2. The van der Waals surface area contributed by atoms with Crippen LogP contribution in [0.5, 0.6) is 0 Å². The summed E-state index contributed by atoms with van der Waals surface area (Å²) in [5, 5.41) is 9.56. The second-order valence-electron chi connectivity index (χ2n) is 3.40. The smallest absolute Gasteiger partial charge is 0.202 e. The van der Waals surface area contributed by atoms with Gasteiger partial charge in [-0.05, 0) is 0 Å². The fourth-order valence-corrected chi connectivity index (χ4v) is 0.937. The summed E-state index contributed by atoms with van der Waals surface area (Å²) in [5.41, 5.74) is 0. The van der Waals surface area contributed by atoms with E-state index in [1.54, 1.807) is 39.4 Å². The van der Waals surface area contributed by atoms with Crippen LogP contribution in [-0.4, -0.2) is 69.5 Å². The maximum Gasteiger partial charge on any atom is 0.202 e. The van der Waals surface area contributed by atoms with Crippen LogP contribution < -0.4 is 0 Å². The summed E-state index contributed by atoms with van der Waals surface area (Å²) in [6.45, 7) is 2.72. The Balaban J connectivity index is 4.15. The number of aliphatic hydroxyl groups excluding tert-OH is 1. The normalized spacial score (nSPS) is 11.6. The van der Waals surface area contributed by atoms with Gasteiger partial charge in [0.2, 0.25) is 5.88 Å². The molecular formula is C10H22N2O3. The highest BCUT2D eigenvalue weighted by molar-refractivity contribution is 4.88. The topological polar surface area (TPSA) is 45.2 Å². The predicted molar refractivity (Wildman–Crippen MR) is 59.7 cm³/mol. The molecule has 0 saturated heterocycles. The highest BCUT2D eigenvalue weighted by atomic mass is 16.5. The van der Waals surface area contributed by atoms with E-state index in [-0.39, 0.29) is 5.88 Å². The van der Waals surface area contributed by atoms with Crippen molar-refractivity contribution in [2.24, 2.45) is 0 Å². The van der Waals surface area contributed by atoms with Crippen molar-refractivity contribution < 1.29 is 14.6 Å². The average Bonchev–Trinajstić information content (AvgIpc) is 2.21. The molecule has 0 atom stereocenters. The molecule has 0 aliphatic carbocycles. The van der Waals surface area contributed by atoms with E-state index in [2.05, 4.69) is 0 Å². The third-order valence-corrected chi connectivity index (χ3v) is 1.92. The molecule has 0 bridgehead atoms. The van der Waals surface area contributed by atoms with Crippen LogP contribution in [0.4, 0.5) is 0 Å². The zero-order valence-electron chi connectivity index (χ0n) is 10.1. The lowest BCUT2D eigenvalue weighted by Crippen LogP contribution is -2.27. The average molecular weight is 218 g/mol. The van der Waals surface area contributed by atoms with Crippen molar-refractivity contribution in [1.82, 2.24) is 9.80 Å². The van der Waals surface area contributed by atoms with E-state index in [9.17, 15) is 5.11 Å². The van der Waals surface area contributed by atoms with E-state index >= 15 is 0 Å². The Hall–Kier alpha value is -0.940. The monoisotopic (exact) mass is 218 g/mol. The first kappa shape index (κ1) is 14.1. The Bertz CT molecular complexity index is 176. The minimum absolute atomic E-state index is 0.224. The van der Waals surface area contributed by atoms with Crippen LogP contribution in [0.2, 0.25) is 0 Å². The maximum absolute atomic E-state index is 9.56. The summed E-state index contributed by atoms with van der Waals surface area (Å²) in [4.78, 5) is 3.61. The molecule has 90 valence electrons. The third-order valence-electron chi connectivity index (χ3n) is 1.92. The van der Waals surface area contributed by atoms with Gasteiger partial charge in [0.1, 0.15) is 0 Å². The van der Waals surface area contributed by atoms with Crippen LogP contribution in [0.1, 0.15) is 0 Å². The van der Waals surface area contributed by atoms with Gasteiger partial charge in [-0.25, -0.2) is 0 Å². The van der Waals surface area contributed by atoms with Gasteiger partial charge in [0.05, 0.1) is 19.4 Å². The number of aliphatic hydroxyl groups is 1. The molecule has 0 aromatic rings. The van der Waals surface area contributed by atoms with E-state index < -0.39 is 0 Å². The van der Waals surface area contributed by atoms with Gasteiger partial charge in [-0.2, -0.15) is 0 Å². The van der Waals surface area contributed by atoms with Gasteiger partial charge in [-0.3, -0.25) is 0 Å². The fourth-order valence-electron chi connectivity index (χ4n) is 0.937. The summed E-state index contributed by atoms with van der Waals surface area (Å²) in [5.74, 6) is 0.224. The number of ether oxygens (including phenoxy) is 2. The van der Waals surface area contributed by atoms with Gasteiger partial charge in [0.15, 0.2) is 0 Å². The molecule has 0 aromatic carbocycles. The molecule has 0 spiro atoms. The molecule has 0 heterocycles. The SMILES string of the molecule is COCCN(/C=C(\O)N(C)C)CCOC. The minimum Gasteiger partial charge on any atom is -0.494 e. The molecule has 5 heteroatoms. The largest absolute Gasteiger partial charge is 0.494 e. The molecule has 0 saturated carbocycles. The first-order valence-corrected chi connectivity index (χ1v) is 4.91. The van der Waals surface area contributed by atoms with Gasteiger partial charge >= 0.3 is 0 Å². The first-order chi connectivity index (χ1) is 7.11. The second-order valence-corrected chi connectivity index (χ2v) is 3.40. The number of hydrogen-bond acceptors (Lipinski definition) is 5. The number of nitrogens with zero attached hydrogens (tertiary/aromatic N) is 2. The molecule has 0 rings (SSSR count). The van der Waals surface area contributed by atoms with E-state index in [4.69, 9.17) is 9.47 Å². The minimum atomic E-state index is 0.224. The van der Waals surface area contributed by atoms with Crippen LogP contribution >= 0.6 is 0 Å². The molecule has 5 nitrogen and oxygen atoms in total. The summed E-state index contributed by atoms with van der Waals surface area (Å²) in [6, 6.07) is 0. The third kappa shape index (κ3) is 7.04. The van der Waals surface area contributed by atoms with Crippen LogP contribution in [0, 0.1) is 0 Å². The van der Waals surface area contributed by atoms with E-state index in [0.29, 0.717) is 13.2 Å². The van der Waals surface area contributed by atoms with Gasteiger partial charge in [-0.15, -0.1) is 0 Å². The predicted octanol–water partition coefficient (Wildman–Crippen LogP) is 0.500. The summed E-state index contributed by atoms with van der Waals surface area (Å²) < 4.78 is 9.97. The quantitative estimate of drug-likeness (QED) is 0.601. The second kappa shape index (κ2) is 8.38. The summed E-state index contributed by atoms with van der Waals surface area (Å²) in [7, 11) is 6.89. The van der Waals surface area contributed by atoms with E-state index in [0.717, 1.165) is 13.1 Å². The van der Waals surface area contributed by atoms with Crippen LogP contribution in [-0.2, 0) is 9.47 Å². The highest BCUT2D eigenvalue weighted by Gasteiger charge is 2.03. The molecule has 15 heavy (non-hydrogen) atoms. The van der Waals surface area contributed by atoms with Gasteiger partial charge in [0.25, 0.3) is 0 Å². The highest BCUT2D eigenvalue weighted by Crippen LogP contribution is 1.98. The Morgan fingerprint density at radius 3 is 1.93 bits per heavy atom. The van der Waals surface area contributed by atoms with Crippen molar-refractivity contribution in [1.29, 1.82) is 0 Å². The molecule has 0 unspecified atom stereocenters. The molecule has 0 aliphatic rings. The maximum atomic E-state index is 9.56. The molecule has 0 aliphatic heterocycles. The van der Waals surface area contributed by atoms with Crippen molar-refractivity contribution in [2.75, 3.05) is 54.6 Å². The lowest BCUT2D eigenvalue weighted by molar-refractivity contribution is 0.132. The zero-order valence-corrected chi connectivity index (χ0v) is 10.1. The van der Waals surface area contributed by atoms with Crippen molar-refractivity contribution in [3.63, 3.8) is 0 Å². The molecule has 0 amide bonds. The fraction of sp³-hybridized carbons (Fsp3) is 0.800. The molecule has 0 aromatic heterocycles. The lowest BCUT2D eigenvalue weighted by atomic mass is 10.5. The van der Waals surface area contributed by atoms with Crippen LogP contribution in [0.25, 0.3) is 0 Å². The summed E-state index contributed by atoms with van der Waals surface area (Å²) >= 11 is 0. The zero-order chi connectivity index (χ0) is 11.7. The molecule has 0 fully saturated rings. The van der Waals surface area contributed by atoms with Crippen molar-refractivity contribution in [2.45, 2.75) is 0 Å². The Labute approximate surface area is 91.9 Å². The number of hydrogen-bond donors (Lipinski definition) is 1. The first-order valence-electron chi connectivity index (χ1n) is 4.91. The molecule has 0 radical (unpaired) electrons. The van der Waals surface area contributed by atoms with Crippen LogP contribution in [0.15, 0.2) is 12.1 Å². The van der Waals surface area contributed by atoms with Crippen molar-refractivity contribution in [3.8, 4) is 0 Å². The van der Waals surface area contributed by atoms with Crippen molar-refractivity contribution >= 4 is 0 Å². The van der Waals surface area contributed by atoms with E-state index in [1.807, 2.05) is 4.90 Å². The number of rotatable bonds is 8. The van der Waals surface area contributed by atoms with E-state index in [1.165, 1.54) is 0 Å². The Morgan fingerprint density at radius 2 is 1.60 bits per heavy atom.